The van der Waals surface area contributed by atoms with Crippen molar-refractivity contribution < 1.29 is 0 Å². The van der Waals surface area contributed by atoms with Crippen LogP contribution in [0.25, 0.3) is 99.3 Å². The summed E-state index contributed by atoms with van der Waals surface area (Å²) in [5.41, 5.74) is 10.9. The maximum absolute atomic E-state index is 5.42. The SMILES string of the molecule is c1ccc(-c2nc(-n3c4ccccc4c4ccc(-c5ccc6c(c5)c5ccccc5n6-c5ccccc5)cc43)nc3ccc4ccccc4c23)cc1. The molecule has 0 aliphatic carbocycles. The van der Waals surface area contributed by atoms with E-state index in [1.165, 1.54) is 38.0 Å². The molecule has 0 atom stereocenters. The Morgan fingerprint density at radius 2 is 0.942 bits per heavy atom. The van der Waals surface area contributed by atoms with E-state index in [1.54, 1.807) is 0 Å². The molecule has 3 heterocycles. The van der Waals surface area contributed by atoms with E-state index in [0.29, 0.717) is 5.95 Å². The molecule has 0 aliphatic heterocycles. The highest BCUT2D eigenvalue weighted by molar-refractivity contribution is 6.14. The zero-order chi connectivity index (χ0) is 34.2. The van der Waals surface area contributed by atoms with Gasteiger partial charge in [-0.1, -0.05) is 133 Å². The van der Waals surface area contributed by atoms with Crippen LogP contribution in [0.2, 0.25) is 0 Å². The summed E-state index contributed by atoms with van der Waals surface area (Å²) in [5, 5.41) is 8.21. The molecule has 52 heavy (non-hydrogen) atoms. The molecule has 242 valence electrons. The third kappa shape index (κ3) is 4.28. The number of hydrogen-bond acceptors (Lipinski definition) is 2. The second kappa shape index (κ2) is 11.2. The quantitative estimate of drug-likeness (QED) is 0.176. The Bertz CT molecular complexity index is 3170. The van der Waals surface area contributed by atoms with Crippen LogP contribution in [-0.4, -0.2) is 19.1 Å². The van der Waals surface area contributed by atoms with Crippen LogP contribution in [0.1, 0.15) is 0 Å². The number of fused-ring (bicyclic) bond motifs is 9. The predicted molar refractivity (Wildman–Crippen MR) is 217 cm³/mol. The van der Waals surface area contributed by atoms with Crippen molar-refractivity contribution >= 4 is 65.3 Å². The van der Waals surface area contributed by atoms with Crippen molar-refractivity contribution in [2.45, 2.75) is 0 Å². The van der Waals surface area contributed by atoms with Crippen LogP contribution in [0.15, 0.2) is 182 Å². The molecule has 0 N–H and O–H groups in total. The molecule has 8 aromatic carbocycles. The van der Waals surface area contributed by atoms with Crippen LogP contribution in [0.5, 0.6) is 0 Å². The molecular formula is C48H30N4. The van der Waals surface area contributed by atoms with E-state index < -0.39 is 0 Å². The van der Waals surface area contributed by atoms with Crippen molar-refractivity contribution in [1.82, 2.24) is 19.1 Å². The van der Waals surface area contributed by atoms with Gasteiger partial charge in [-0.15, -0.1) is 0 Å². The fraction of sp³-hybridized carbons (Fsp3) is 0. The van der Waals surface area contributed by atoms with Gasteiger partial charge in [-0.25, -0.2) is 9.97 Å². The summed E-state index contributed by atoms with van der Waals surface area (Å²) in [6.45, 7) is 0. The Labute approximate surface area is 299 Å². The van der Waals surface area contributed by atoms with Gasteiger partial charge in [-0.05, 0) is 70.4 Å². The van der Waals surface area contributed by atoms with Crippen molar-refractivity contribution in [1.29, 1.82) is 0 Å². The number of benzene rings is 8. The van der Waals surface area contributed by atoms with Crippen molar-refractivity contribution in [2.75, 3.05) is 0 Å². The lowest BCUT2D eigenvalue weighted by molar-refractivity contribution is 1.01. The lowest BCUT2D eigenvalue weighted by atomic mass is 10.0. The summed E-state index contributed by atoms with van der Waals surface area (Å²) in [7, 11) is 0. The van der Waals surface area contributed by atoms with Gasteiger partial charge in [-0.3, -0.25) is 4.57 Å². The van der Waals surface area contributed by atoms with Gasteiger partial charge in [0, 0.05) is 38.2 Å². The second-order valence-electron chi connectivity index (χ2n) is 13.4. The average molecular weight is 663 g/mol. The maximum atomic E-state index is 5.42. The maximum Gasteiger partial charge on any atom is 0.235 e. The highest BCUT2D eigenvalue weighted by Crippen LogP contribution is 2.39. The van der Waals surface area contributed by atoms with E-state index in [-0.39, 0.29) is 0 Å². The molecule has 4 heteroatoms. The first-order valence-electron chi connectivity index (χ1n) is 17.7. The highest BCUT2D eigenvalue weighted by Gasteiger charge is 2.20. The van der Waals surface area contributed by atoms with Crippen LogP contribution in [0, 0.1) is 0 Å². The first kappa shape index (κ1) is 28.8. The zero-order valence-corrected chi connectivity index (χ0v) is 28.1. The monoisotopic (exact) mass is 662 g/mol. The van der Waals surface area contributed by atoms with Crippen molar-refractivity contribution in [2.24, 2.45) is 0 Å². The minimum absolute atomic E-state index is 0.659. The second-order valence-corrected chi connectivity index (χ2v) is 13.4. The standard InChI is InChI=1S/C48H30N4/c1-3-14-32(15-4-1)47-46-36-18-8-7-13-31(36)24-27-41(46)49-48(50-47)52-43-22-12-9-19-37(43)39-26-23-34(30-45(39)52)33-25-28-44-40(29-33)38-20-10-11-21-42(38)51(44)35-16-5-2-6-17-35/h1-30H. The Morgan fingerprint density at radius 1 is 0.346 bits per heavy atom. The van der Waals surface area contributed by atoms with Gasteiger partial charge in [0.25, 0.3) is 0 Å². The largest absolute Gasteiger partial charge is 0.309 e. The van der Waals surface area contributed by atoms with E-state index in [2.05, 4.69) is 191 Å². The van der Waals surface area contributed by atoms with Crippen LogP contribution in [0.3, 0.4) is 0 Å². The van der Waals surface area contributed by atoms with E-state index in [9.17, 15) is 0 Å². The van der Waals surface area contributed by atoms with E-state index in [4.69, 9.17) is 9.97 Å². The topological polar surface area (TPSA) is 35.6 Å². The first-order valence-corrected chi connectivity index (χ1v) is 17.7. The molecule has 4 nitrogen and oxygen atoms in total. The fourth-order valence-electron chi connectivity index (χ4n) is 8.17. The molecule has 3 aromatic heterocycles. The molecule has 0 amide bonds. The van der Waals surface area contributed by atoms with Crippen LogP contribution >= 0.6 is 0 Å². The summed E-state index contributed by atoms with van der Waals surface area (Å²) in [5.74, 6) is 0.659. The van der Waals surface area contributed by atoms with E-state index in [1.807, 2.05) is 0 Å². The van der Waals surface area contributed by atoms with E-state index in [0.717, 1.165) is 55.4 Å². The Hall–Kier alpha value is -7.04. The Morgan fingerprint density at radius 3 is 1.75 bits per heavy atom. The van der Waals surface area contributed by atoms with Gasteiger partial charge >= 0.3 is 0 Å². The number of nitrogens with zero attached hydrogens (tertiary/aromatic N) is 4. The summed E-state index contributed by atoms with van der Waals surface area (Å²) in [4.78, 5) is 10.7. The van der Waals surface area contributed by atoms with Gasteiger partial charge in [-0.2, -0.15) is 0 Å². The van der Waals surface area contributed by atoms with E-state index >= 15 is 0 Å². The smallest absolute Gasteiger partial charge is 0.235 e. The summed E-state index contributed by atoms with van der Waals surface area (Å²) >= 11 is 0. The molecule has 0 unspecified atom stereocenters. The molecule has 0 fully saturated rings. The Kier molecular flexibility index (Phi) is 6.22. The van der Waals surface area contributed by atoms with Crippen molar-refractivity contribution in [3.63, 3.8) is 0 Å². The van der Waals surface area contributed by atoms with Crippen LogP contribution in [0.4, 0.5) is 0 Å². The lowest BCUT2D eigenvalue weighted by Crippen LogP contribution is -2.03. The fourth-order valence-corrected chi connectivity index (χ4v) is 8.17. The predicted octanol–water partition coefficient (Wildman–Crippen LogP) is 12.3. The van der Waals surface area contributed by atoms with Gasteiger partial charge < -0.3 is 4.57 Å². The Balaban J connectivity index is 1.16. The zero-order valence-electron chi connectivity index (χ0n) is 28.1. The van der Waals surface area contributed by atoms with Crippen LogP contribution < -0.4 is 0 Å². The minimum atomic E-state index is 0.659. The molecule has 0 radical (unpaired) electrons. The number of para-hydroxylation sites is 3. The van der Waals surface area contributed by atoms with Gasteiger partial charge in [0.05, 0.1) is 33.3 Å². The van der Waals surface area contributed by atoms with Gasteiger partial charge in [0.2, 0.25) is 5.95 Å². The summed E-state index contributed by atoms with van der Waals surface area (Å²) in [6, 6.07) is 64.9. The third-order valence-electron chi connectivity index (χ3n) is 10.5. The number of rotatable bonds is 4. The first-order chi connectivity index (χ1) is 25.8. The lowest BCUT2D eigenvalue weighted by Gasteiger charge is -2.14. The molecule has 0 spiro atoms. The molecule has 0 bridgehead atoms. The number of hydrogen-bond donors (Lipinski definition) is 0. The van der Waals surface area contributed by atoms with Gasteiger partial charge in [0.1, 0.15) is 0 Å². The van der Waals surface area contributed by atoms with Gasteiger partial charge in [0.15, 0.2) is 0 Å². The molecule has 11 aromatic rings. The molecule has 0 saturated carbocycles. The molecule has 0 aliphatic rings. The number of aromatic nitrogens is 4. The third-order valence-corrected chi connectivity index (χ3v) is 10.5. The summed E-state index contributed by atoms with van der Waals surface area (Å²) in [6.07, 6.45) is 0. The molecule has 11 rings (SSSR count). The van der Waals surface area contributed by atoms with Crippen molar-refractivity contribution in [3.05, 3.63) is 182 Å². The highest BCUT2D eigenvalue weighted by atomic mass is 15.2. The molecular weight excluding hydrogens is 633 g/mol. The average Bonchev–Trinajstić information content (AvgIpc) is 3.73. The summed E-state index contributed by atoms with van der Waals surface area (Å²) < 4.78 is 4.61. The minimum Gasteiger partial charge on any atom is -0.309 e. The molecule has 0 saturated heterocycles. The normalized spacial score (nSPS) is 11.8. The van der Waals surface area contributed by atoms with Crippen molar-refractivity contribution in [3.8, 4) is 34.0 Å². The van der Waals surface area contributed by atoms with Crippen LogP contribution in [-0.2, 0) is 0 Å².